The number of nitrogens with zero attached hydrogens (tertiary/aromatic N) is 1. The highest BCUT2D eigenvalue weighted by Crippen LogP contribution is 2.31. The van der Waals surface area contributed by atoms with Crippen molar-refractivity contribution in [3.05, 3.63) is 69.3 Å². The van der Waals surface area contributed by atoms with Gasteiger partial charge in [0.2, 0.25) is 0 Å². The van der Waals surface area contributed by atoms with Gasteiger partial charge in [0.25, 0.3) is 5.91 Å². The van der Waals surface area contributed by atoms with E-state index in [1.165, 1.54) is 16.7 Å². The van der Waals surface area contributed by atoms with Crippen LogP contribution < -0.4 is 5.32 Å². The van der Waals surface area contributed by atoms with Crippen LogP contribution in [0.15, 0.2) is 47.1 Å². The summed E-state index contributed by atoms with van der Waals surface area (Å²) >= 11 is 3.53. The van der Waals surface area contributed by atoms with Crippen LogP contribution in [0.4, 0.5) is 5.69 Å². The molecule has 1 N–H and O–H groups in total. The van der Waals surface area contributed by atoms with Crippen LogP contribution in [0.5, 0.6) is 0 Å². The van der Waals surface area contributed by atoms with Gasteiger partial charge in [0.15, 0.2) is 0 Å². The average molecular weight is 385 g/mol. The lowest BCUT2D eigenvalue weighted by Gasteiger charge is -2.29. The van der Waals surface area contributed by atoms with Crippen LogP contribution in [-0.2, 0) is 6.42 Å². The Morgan fingerprint density at radius 2 is 2.04 bits per heavy atom. The molecule has 0 spiro atoms. The van der Waals surface area contributed by atoms with Crippen LogP contribution >= 0.6 is 15.9 Å². The zero-order chi connectivity index (χ0) is 17.3. The fourth-order valence-corrected chi connectivity index (χ4v) is 3.55. The van der Waals surface area contributed by atoms with Gasteiger partial charge in [-0.05, 0) is 66.6 Å². The van der Waals surface area contributed by atoms with Crippen molar-refractivity contribution in [2.75, 3.05) is 12.4 Å². The first-order valence-corrected chi connectivity index (χ1v) is 8.92. The third-order valence-electron chi connectivity index (χ3n) is 4.59. The first kappa shape index (κ1) is 16.8. The van der Waals surface area contributed by atoms with E-state index in [9.17, 15) is 4.79 Å². The predicted molar refractivity (Wildman–Crippen MR) is 103 cm³/mol. The smallest absolute Gasteiger partial charge is 0.255 e. The molecule has 0 saturated carbocycles. The Bertz CT molecular complexity index is 813. The van der Waals surface area contributed by atoms with E-state index in [0.29, 0.717) is 11.6 Å². The number of amides is 1. The molecule has 4 heteroatoms. The molecular formula is C20H21BrN2O. The summed E-state index contributed by atoms with van der Waals surface area (Å²) in [5.41, 5.74) is 5.10. The van der Waals surface area contributed by atoms with Gasteiger partial charge in [0.05, 0.1) is 6.04 Å². The summed E-state index contributed by atoms with van der Waals surface area (Å²) in [6.07, 6.45) is 5.12. The minimum Gasteiger partial charge on any atom is -0.374 e. The molecule has 124 valence electrons. The van der Waals surface area contributed by atoms with Crippen molar-refractivity contribution in [2.45, 2.75) is 26.3 Å². The third-order valence-corrected chi connectivity index (χ3v) is 5.33. The molecule has 0 radical (unpaired) electrons. The Balaban J connectivity index is 1.83. The van der Waals surface area contributed by atoms with Crippen LogP contribution in [0, 0.1) is 0 Å². The maximum absolute atomic E-state index is 12.5. The number of nitrogens with one attached hydrogen (secondary N) is 1. The topological polar surface area (TPSA) is 32.3 Å². The Labute approximate surface area is 151 Å². The largest absolute Gasteiger partial charge is 0.374 e. The normalized spacial score (nSPS) is 16.0. The first-order chi connectivity index (χ1) is 11.5. The number of hydrogen-bond donors (Lipinski definition) is 1. The summed E-state index contributed by atoms with van der Waals surface area (Å²) in [5.74, 6) is -0.0920. The van der Waals surface area contributed by atoms with Gasteiger partial charge in [-0.25, -0.2) is 0 Å². The number of carbonyl (C=O) groups excluding carboxylic acids is 1. The van der Waals surface area contributed by atoms with Crippen molar-refractivity contribution in [3.63, 3.8) is 0 Å². The second-order valence-corrected chi connectivity index (χ2v) is 6.97. The van der Waals surface area contributed by atoms with E-state index >= 15 is 0 Å². The molecule has 1 aliphatic heterocycles. The van der Waals surface area contributed by atoms with E-state index in [1.807, 2.05) is 24.3 Å². The van der Waals surface area contributed by atoms with Gasteiger partial charge >= 0.3 is 0 Å². The molecule has 3 nitrogen and oxygen atoms in total. The fraction of sp³-hybridized carbons (Fsp3) is 0.250. The van der Waals surface area contributed by atoms with E-state index in [0.717, 1.165) is 16.6 Å². The second-order valence-electron chi connectivity index (χ2n) is 6.11. The van der Waals surface area contributed by atoms with Gasteiger partial charge in [-0.15, -0.1) is 0 Å². The summed E-state index contributed by atoms with van der Waals surface area (Å²) in [6, 6.07) is 12.1. The van der Waals surface area contributed by atoms with E-state index in [1.54, 1.807) is 0 Å². The Morgan fingerprint density at radius 1 is 1.25 bits per heavy atom. The lowest BCUT2D eigenvalue weighted by molar-refractivity contribution is 0.102. The lowest BCUT2D eigenvalue weighted by Crippen LogP contribution is -2.20. The number of anilines is 1. The SMILES string of the molecule is CCc1ccc(C(=O)Nc2ccc3c(c2)C(C)N(C)C=C3)cc1Br. The molecule has 1 amide bonds. The maximum atomic E-state index is 12.5. The monoisotopic (exact) mass is 384 g/mol. The van der Waals surface area contributed by atoms with Crippen LogP contribution in [0.1, 0.15) is 46.9 Å². The number of benzene rings is 2. The molecule has 1 atom stereocenters. The molecule has 3 rings (SSSR count). The highest BCUT2D eigenvalue weighted by atomic mass is 79.9. The Morgan fingerprint density at radius 3 is 2.75 bits per heavy atom. The van der Waals surface area contributed by atoms with Gasteiger partial charge in [0, 0.05) is 22.8 Å². The minimum atomic E-state index is -0.0920. The minimum absolute atomic E-state index is 0.0920. The van der Waals surface area contributed by atoms with Crippen molar-refractivity contribution >= 4 is 33.6 Å². The lowest BCUT2D eigenvalue weighted by atomic mass is 9.97. The Kier molecular flexibility index (Phi) is 4.76. The first-order valence-electron chi connectivity index (χ1n) is 8.13. The van der Waals surface area contributed by atoms with Crippen LogP contribution in [-0.4, -0.2) is 17.9 Å². The van der Waals surface area contributed by atoms with Crippen LogP contribution in [0.25, 0.3) is 6.08 Å². The second kappa shape index (κ2) is 6.81. The number of hydrogen-bond acceptors (Lipinski definition) is 2. The number of carbonyl (C=O) groups is 1. The molecule has 0 aliphatic carbocycles. The zero-order valence-electron chi connectivity index (χ0n) is 14.1. The summed E-state index contributed by atoms with van der Waals surface area (Å²) < 4.78 is 0.975. The fourth-order valence-electron chi connectivity index (χ4n) is 2.89. The molecule has 1 unspecified atom stereocenters. The summed E-state index contributed by atoms with van der Waals surface area (Å²) in [4.78, 5) is 14.7. The Hall–Kier alpha value is -2.07. The molecule has 24 heavy (non-hydrogen) atoms. The molecule has 0 saturated heterocycles. The molecule has 2 aromatic carbocycles. The van der Waals surface area contributed by atoms with Crippen molar-refractivity contribution < 1.29 is 4.79 Å². The van der Waals surface area contributed by atoms with Gasteiger partial charge < -0.3 is 10.2 Å². The number of aryl methyl sites for hydroxylation is 1. The molecule has 1 aliphatic rings. The van der Waals surface area contributed by atoms with Crippen molar-refractivity contribution in [1.29, 1.82) is 0 Å². The maximum Gasteiger partial charge on any atom is 0.255 e. The highest BCUT2D eigenvalue weighted by Gasteiger charge is 2.17. The molecule has 1 heterocycles. The molecular weight excluding hydrogens is 364 g/mol. The van der Waals surface area contributed by atoms with Crippen LogP contribution in [0.2, 0.25) is 0 Å². The van der Waals surface area contributed by atoms with Gasteiger partial charge in [-0.1, -0.05) is 35.0 Å². The molecule has 0 fully saturated rings. The predicted octanol–water partition coefficient (Wildman–Crippen LogP) is 5.24. The van der Waals surface area contributed by atoms with Gasteiger partial charge in [-0.3, -0.25) is 4.79 Å². The van der Waals surface area contributed by atoms with Crippen molar-refractivity contribution in [2.24, 2.45) is 0 Å². The average Bonchev–Trinajstić information content (AvgIpc) is 2.58. The third kappa shape index (κ3) is 3.24. The van der Waals surface area contributed by atoms with Crippen molar-refractivity contribution in [1.82, 2.24) is 4.90 Å². The number of halogens is 1. The quantitative estimate of drug-likeness (QED) is 0.784. The molecule has 0 aromatic heterocycles. The van der Waals surface area contributed by atoms with Crippen molar-refractivity contribution in [3.8, 4) is 0 Å². The number of rotatable bonds is 3. The standard InChI is InChI=1S/C20H21BrN2O/c1-4-14-5-6-16(11-19(14)21)20(24)22-17-8-7-15-9-10-23(3)13(2)18(15)12-17/h5-13H,4H2,1-3H3,(H,22,24). The molecule has 2 aromatic rings. The van der Waals surface area contributed by atoms with Gasteiger partial charge in [0.1, 0.15) is 0 Å². The molecule has 0 bridgehead atoms. The van der Waals surface area contributed by atoms with E-state index in [4.69, 9.17) is 0 Å². The van der Waals surface area contributed by atoms with Gasteiger partial charge in [-0.2, -0.15) is 0 Å². The summed E-state index contributed by atoms with van der Waals surface area (Å²) in [5, 5.41) is 3.01. The highest BCUT2D eigenvalue weighted by molar-refractivity contribution is 9.10. The number of fused-ring (bicyclic) bond motifs is 1. The summed E-state index contributed by atoms with van der Waals surface area (Å²) in [6.45, 7) is 4.26. The van der Waals surface area contributed by atoms with E-state index < -0.39 is 0 Å². The van der Waals surface area contributed by atoms with E-state index in [-0.39, 0.29) is 5.91 Å². The zero-order valence-corrected chi connectivity index (χ0v) is 15.7. The van der Waals surface area contributed by atoms with E-state index in [2.05, 4.69) is 71.5 Å². The summed E-state index contributed by atoms with van der Waals surface area (Å²) in [7, 11) is 2.06. The van der Waals surface area contributed by atoms with Crippen LogP contribution in [0.3, 0.4) is 0 Å².